The fourth-order valence-corrected chi connectivity index (χ4v) is 6.38. The second-order valence-corrected chi connectivity index (χ2v) is 10.7. The Balaban J connectivity index is 1.13. The molecule has 2 aliphatic heterocycles. The number of rotatable bonds is 7. The maximum absolute atomic E-state index is 2.79. The summed E-state index contributed by atoms with van der Waals surface area (Å²) in [4.78, 5) is 8.25. The maximum Gasteiger partial charge on any atom is 0.0110 e. The first-order chi connectivity index (χ1) is 12.5. The van der Waals surface area contributed by atoms with Gasteiger partial charge in [-0.15, -0.1) is 0 Å². The largest absolute Gasteiger partial charge is 0.301 e. The van der Waals surface area contributed by atoms with Gasteiger partial charge >= 0.3 is 0 Å². The van der Waals surface area contributed by atoms with Crippen LogP contribution in [0.1, 0.15) is 72.1 Å². The summed E-state index contributed by atoms with van der Waals surface area (Å²) in [5.41, 5.74) is 1.48. The lowest BCUT2D eigenvalue weighted by molar-refractivity contribution is -0.0366. The molecule has 4 aliphatic rings. The van der Waals surface area contributed by atoms with Crippen LogP contribution < -0.4 is 0 Å². The Bertz CT molecular complexity index is 446. The average molecular weight is 362 g/mol. The van der Waals surface area contributed by atoms with Crippen LogP contribution in [-0.4, -0.2) is 73.1 Å². The van der Waals surface area contributed by atoms with Crippen molar-refractivity contribution in [2.75, 3.05) is 52.4 Å². The molecule has 2 saturated carbocycles. The van der Waals surface area contributed by atoms with E-state index in [-0.39, 0.29) is 0 Å². The van der Waals surface area contributed by atoms with Gasteiger partial charge < -0.3 is 14.7 Å². The topological polar surface area (TPSA) is 9.72 Å². The predicted molar refractivity (Wildman–Crippen MR) is 111 cm³/mol. The predicted octanol–water partition coefficient (Wildman–Crippen LogP) is 4.08. The molecular formula is C23H43N3. The third kappa shape index (κ3) is 4.31. The van der Waals surface area contributed by atoms with E-state index >= 15 is 0 Å². The second-order valence-electron chi connectivity index (χ2n) is 10.7. The molecular weight excluding hydrogens is 318 g/mol. The smallest absolute Gasteiger partial charge is 0.0110 e. The van der Waals surface area contributed by atoms with Crippen molar-refractivity contribution in [2.24, 2.45) is 16.7 Å². The SMILES string of the molecule is CCCC1(CN2CCN(CC3CC4(CCN(C(C)C)CC4)C3)CC2)CC1. The van der Waals surface area contributed by atoms with Crippen LogP contribution in [0.3, 0.4) is 0 Å². The van der Waals surface area contributed by atoms with E-state index in [2.05, 4.69) is 35.5 Å². The van der Waals surface area contributed by atoms with Crippen LogP contribution in [0, 0.1) is 16.7 Å². The fourth-order valence-electron chi connectivity index (χ4n) is 6.38. The first-order valence-electron chi connectivity index (χ1n) is 11.7. The monoisotopic (exact) mass is 361 g/mol. The van der Waals surface area contributed by atoms with Crippen LogP contribution >= 0.6 is 0 Å². The molecule has 0 atom stereocenters. The van der Waals surface area contributed by atoms with E-state index < -0.39 is 0 Å². The van der Waals surface area contributed by atoms with Crippen molar-refractivity contribution in [3.8, 4) is 0 Å². The lowest BCUT2D eigenvalue weighted by Gasteiger charge is -2.54. The molecule has 1 spiro atoms. The summed E-state index contributed by atoms with van der Waals surface area (Å²) in [5.74, 6) is 1.00. The van der Waals surface area contributed by atoms with E-state index in [0.717, 1.165) is 22.8 Å². The molecule has 2 heterocycles. The van der Waals surface area contributed by atoms with E-state index in [1.807, 2.05) is 0 Å². The normalized spacial score (nSPS) is 30.0. The summed E-state index contributed by atoms with van der Waals surface area (Å²) in [6, 6.07) is 0.742. The van der Waals surface area contributed by atoms with Gasteiger partial charge in [-0.3, -0.25) is 0 Å². The standard InChI is InChI=1S/C23H43N3/c1-4-5-22(6-7-22)19-25-14-12-24(13-15-25)18-21-16-23(17-21)8-10-26(11-9-23)20(2)3/h20-21H,4-19H2,1-3H3. The third-order valence-corrected chi connectivity index (χ3v) is 8.31. The zero-order valence-electron chi connectivity index (χ0n) is 17.8. The number of nitrogens with zero attached hydrogens (tertiary/aromatic N) is 3. The zero-order valence-corrected chi connectivity index (χ0v) is 17.8. The molecule has 0 unspecified atom stereocenters. The van der Waals surface area contributed by atoms with Gasteiger partial charge in [-0.2, -0.15) is 0 Å². The Hall–Kier alpha value is -0.120. The highest BCUT2D eigenvalue weighted by atomic mass is 15.3. The highest BCUT2D eigenvalue weighted by Crippen LogP contribution is 2.53. The number of piperazine rings is 1. The molecule has 0 bridgehead atoms. The molecule has 4 rings (SSSR count). The van der Waals surface area contributed by atoms with Crippen LogP contribution in [-0.2, 0) is 0 Å². The molecule has 0 aromatic rings. The van der Waals surface area contributed by atoms with Crippen molar-refractivity contribution < 1.29 is 0 Å². The highest BCUT2D eigenvalue weighted by molar-refractivity contribution is 4.99. The van der Waals surface area contributed by atoms with E-state index in [1.54, 1.807) is 0 Å². The Morgan fingerprint density at radius 1 is 0.846 bits per heavy atom. The summed E-state index contributed by atoms with van der Waals surface area (Å²) in [6.07, 6.45) is 11.8. The lowest BCUT2D eigenvalue weighted by atomic mass is 9.57. The molecule has 26 heavy (non-hydrogen) atoms. The van der Waals surface area contributed by atoms with Gasteiger partial charge in [-0.05, 0) is 88.6 Å². The van der Waals surface area contributed by atoms with Gasteiger partial charge in [-0.1, -0.05) is 13.3 Å². The van der Waals surface area contributed by atoms with Gasteiger partial charge in [0.05, 0.1) is 0 Å². The van der Waals surface area contributed by atoms with Crippen LogP contribution in [0.15, 0.2) is 0 Å². The molecule has 0 radical (unpaired) electrons. The van der Waals surface area contributed by atoms with Crippen molar-refractivity contribution in [1.29, 1.82) is 0 Å². The first-order valence-corrected chi connectivity index (χ1v) is 11.7. The van der Waals surface area contributed by atoms with Gasteiger partial charge in [0.1, 0.15) is 0 Å². The molecule has 3 heteroatoms. The van der Waals surface area contributed by atoms with Crippen LogP contribution in [0.2, 0.25) is 0 Å². The molecule has 0 aromatic heterocycles. The molecule has 2 aliphatic carbocycles. The summed E-state index contributed by atoms with van der Waals surface area (Å²) in [5, 5.41) is 0. The van der Waals surface area contributed by atoms with Gasteiger partial charge in [0.25, 0.3) is 0 Å². The van der Waals surface area contributed by atoms with Crippen molar-refractivity contribution in [3.63, 3.8) is 0 Å². The summed E-state index contributed by atoms with van der Waals surface area (Å²) < 4.78 is 0. The Morgan fingerprint density at radius 2 is 1.46 bits per heavy atom. The fraction of sp³-hybridized carbons (Fsp3) is 1.00. The van der Waals surface area contributed by atoms with Crippen LogP contribution in [0.5, 0.6) is 0 Å². The minimum atomic E-state index is 0.738. The van der Waals surface area contributed by atoms with Crippen molar-refractivity contribution in [1.82, 2.24) is 14.7 Å². The molecule has 0 aromatic carbocycles. The Kier molecular flexibility index (Phi) is 5.70. The quantitative estimate of drug-likeness (QED) is 0.676. The number of hydrogen-bond donors (Lipinski definition) is 0. The maximum atomic E-state index is 2.79. The summed E-state index contributed by atoms with van der Waals surface area (Å²) >= 11 is 0. The molecule has 2 saturated heterocycles. The van der Waals surface area contributed by atoms with Gasteiger partial charge in [-0.25, -0.2) is 0 Å². The van der Waals surface area contributed by atoms with Gasteiger partial charge in [0.2, 0.25) is 0 Å². The Labute approximate surface area is 162 Å². The number of hydrogen-bond acceptors (Lipinski definition) is 3. The summed E-state index contributed by atoms with van der Waals surface area (Å²) in [7, 11) is 0. The van der Waals surface area contributed by atoms with Gasteiger partial charge in [0, 0.05) is 45.3 Å². The molecule has 150 valence electrons. The second kappa shape index (κ2) is 7.72. The number of likely N-dealkylation sites (tertiary alicyclic amines) is 1. The summed E-state index contributed by atoms with van der Waals surface area (Å²) in [6.45, 7) is 17.9. The first kappa shape index (κ1) is 19.2. The van der Waals surface area contributed by atoms with Crippen LogP contribution in [0.4, 0.5) is 0 Å². The van der Waals surface area contributed by atoms with E-state index in [1.165, 1.54) is 104 Å². The highest BCUT2D eigenvalue weighted by Gasteiger charge is 2.46. The number of piperidine rings is 1. The van der Waals surface area contributed by atoms with Crippen molar-refractivity contribution in [3.05, 3.63) is 0 Å². The minimum absolute atomic E-state index is 0.738. The zero-order chi connectivity index (χ0) is 18.2. The lowest BCUT2D eigenvalue weighted by Crippen LogP contribution is -2.53. The van der Waals surface area contributed by atoms with Crippen molar-refractivity contribution >= 4 is 0 Å². The third-order valence-electron chi connectivity index (χ3n) is 8.31. The Morgan fingerprint density at radius 3 is 2.00 bits per heavy atom. The molecule has 4 fully saturated rings. The van der Waals surface area contributed by atoms with E-state index in [4.69, 9.17) is 0 Å². The van der Waals surface area contributed by atoms with Crippen molar-refractivity contribution in [2.45, 2.75) is 78.2 Å². The minimum Gasteiger partial charge on any atom is -0.301 e. The molecule has 0 amide bonds. The molecule has 3 nitrogen and oxygen atoms in total. The van der Waals surface area contributed by atoms with Gasteiger partial charge in [0.15, 0.2) is 0 Å². The average Bonchev–Trinajstić information content (AvgIpc) is 3.35. The van der Waals surface area contributed by atoms with E-state index in [0.29, 0.717) is 0 Å². The molecule has 0 N–H and O–H groups in total. The van der Waals surface area contributed by atoms with Crippen LogP contribution in [0.25, 0.3) is 0 Å². The van der Waals surface area contributed by atoms with E-state index in [9.17, 15) is 0 Å².